The van der Waals surface area contributed by atoms with Gasteiger partial charge in [0.2, 0.25) is 0 Å². The van der Waals surface area contributed by atoms with E-state index >= 15 is 4.39 Å². The molecule has 0 aliphatic carbocycles. The second kappa shape index (κ2) is 8.12. The predicted molar refractivity (Wildman–Crippen MR) is 75.2 cm³/mol. The van der Waals surface area contributed by atoms with Gasteiger partial charge in [-0.15, -0.1) is 0 Å². The first-order valence-corrected chi connectivity index (χ1v) is 6.78. The molecular formula is C15H24FNO2. The average Bonchev–Trinajstić information content (AvgIpc) is 2.43. The number of hydrogen-bond acceptors (Lipinski definition) is 3. The molecule has 3 nitrogen and oxygen atoms in total. The lowest BCUT2D eigenvalue weighted by atomic mass is 9.91. The van der Waals surface area contributed by atoms with Gasteiger partial charge in [-0.25, -0.2) is 4.39 Å². The normalized spacial score (nSPS) is 14.1. The van der Waals surface area contributed by atoms with Crippen LogP contribution in [0, 0.1) is 0 Å². The monoisotopic (exact) mass is 269 g/mol. The molecular weight excluding hydrogens is 245 g/mol. The zero-order valence-corrected chi connectivity index (χ0v) is 11.8. The molecule has 0 saturated carbocycles. The van der Waals surface area contributed by atoms with Gasteiger partial charge in [0.15, 0.2) is 5.67 Å². The molecule has 19 heavy (non-hydrogen) atoms. The SMILES string of the molecule is CCCOc1ccccc1C(F)(CCCN)COC. The van der Waals surface area contributed by atoms with Crippen molar-refractivity contribution in [3.8, 4) is 5.75 Å². The van der Waals surface area contributed by atoms with E-state index in [0.717, 1.165) is 6.42 Å². The minimum absolute atomic E-state index is 0.0134. The van der Waals surface area contributed by atoms with Crippen LogP contribution in [0.5, 0.6) is 5.75 Å². The minimum Gasteiger partial charge on any atom is -0.493 e. The molecule has 0 radical (unpaired) electrons. The van der Waals surface area contributed by atoms with Crippen LogP contribution in [-0.4, -0.2) is 26.9 Å². The Morgan fingerprint density at radius 3 is 2.68 bits per heavy atom. The summed E-state index contributed by atoms with van der Waals surface area (Å²) in [5.74, 6) is 0.598. The van der Waals surface area contributed by atoms with Gasteiger partial charge in [0, 0.05) is 12.7 Å². The molecule has 0 aliphatic heterocycles. The summed E-state index contributed by atoms with van der Waals surface area (Å²) in [6, 6.07) is 7.24. The third kappa shape index (κ3) is 4.48. The predicted octanol–water partition coefficient (Wildman–Crippen LogP) is 3.03. The maximum atomic E-state index is 15.1. The summed E-state index contributed by atoms with van der Waals surface area (Å²) in [7, 11) is 1.51. The fraction of sp³-hybridized carbons (Fsp3) is 0.600. The van der Waals surface area contributed by atoms with Gasteiger partial charge >= 0.3 is 0 Å². The molecule has 1 atom stereocenters. The maximum Gasteiger partial charge on any atom is 0.162 e. The van der Waals surface area contributed by atoms with Crippen LogP contribution in [0.3, 0.4) is 0 Å². The topological polar surface area (TPSA) is 44.5 Å². The maximum absolute atomic E-state index is 15.1. The largest absolute Gasteiger partial charge is 0.493 e. The smallest absolute Gasteiger partial charge is 0.162 e. The van der Waals surface area contributed by atoms with Gasteiger partial charge in [-0.3, -0.25) is 0 Å². The molecule has 1 aromatic rings. The van der Waals surface area contributed by atoms with Gasteiger partial charge in [-0.1, -0.05) is 25.1 Å². The fourth-order valence-electron chi connectivity index (χ4n) is 2.07. The van der Waals surface area contributed by atoms with Crippen LogP contribution in [-0.2, 0) is 10.4 Å². The van der Waals surface area contributed by atoms with Gasteiger partial charge < -0.3 is 15.2 Å². The number of rotatable bonds is 9. The Morgan fingerprint density at radius 2 is 2.05 bits per heavy atom. The number of benzene rings is 1. The van der Waals surface area contributed by atoms with E-state index in [2.05, 4.69) is 0 Å². The van der Waals surface area contributed by atoms with Crippen LogP contribution in [0.25, 0.3) is 0 Å². The van der Waals surface area contributed by atoms with E-state index in [1.54, 1.807) is 12.1 Å². The highest BCUT2D eigenvalue weighted by molar-refractivity contribution is 5.38. The second-order valence-electron chi connectivity index (χ2n) is 4.64. The number of methoxy groups -OCH3 is 1. The molecule has 0 aromatic heterocycles. The van der Waals surface area contributed by atoms with Gasteiger partial charge in [-0.2, -0.15) is 0 Å². The minimum atomic E-state index is -1.54. The van der Waals surface area contributed by atoms with E-state index in [4.69, 9.17) is 15.2 Å². The van der Waals surface area contributed by atoms with E-state index < -0.39 is 5.67 Å². The van der Waals surface area contributed by atoms with Crippen LogP contribution in [0.15, 0.2) is 24.3 Å². The number of para-hydroxylation sites is 1. The van der Waals surface area contributed by atoms with E-state index in [9.17, 15) is 0 Å². The molecule has 0 heterocycles. The molecule has 108 valence electrons. The summed E-state index contributed by atoms with van der Waals surface area (Å²) >= 11 is 0. The molecule has 0 spiro atoms. The highest BCUT2D eigenvalue weighted by atomic mass is 19.1. The van der Waals surface area contributed by atoms with Gasteiger partial charge in [0.05, 0.1) is 13.2 Å². The molecule has 1 aromatic carbocycles. The zero-order chi connectivity index (χ0) is 14.1. The standard InChI is InChI=1S/C15H24FNO2/c1-3-11-19-14-8-5-4-7-13(14)15(16,12-18-2)9-6-10-17/h4-5,7-8H,3,6,9-12,17H2,1-2H3. The molecule has 0 bridgehead atoms. The summed E-state index contributed by atoms with van der Waals surface area (Å²) in [5, 5.41) is 0. The molecule has 0 saturated heterocycles. The van der Waals surface area contributed by atoms with Crippen LogP contribution >= 0.6 is 0 Å². The summed E-state index contributed by atoms with van der Waals surface area (Å²) in [6.45, 7) is 3.08. The van der Waals surface area contributed by atoms with Crippen molar-refractivity contribution >= 4 is 0 Å². The Bertz CT molecular complexity index is 373. The molecule has 0 fully saturated rings. The third-order valence-corrected chi connectivity index (χ3v) is 2.98. The van der Waals surface area contributed by atoms with E-state index in [1.807, 2.05) is 19.1 Å². The highest BCUT2D eigenvalue weighted by Gasteiger charge is 2.34. The fourth-order valence-corrected chi connectivity index (χ4v) is 2.07. The van der Waals surface area contributed by atoms with Crippen molar-refractivity contribution in [2.45, 2.75) is 31.9 Å². The van der Waals surface area contributed by atoms with Crippen LogP contribution in [0.4, 0.5) is 4.39 Å². The lowest BCUT2D eigenvalue weighted by Crippen LogP contribution is -2.28. The number of alkyl halides is 1. The molecule has 1 unspecified atom stereocenters. The van der Waals surface area contributed by atoms with Crippen molar-refractivity contribution in [3.63, 3.8) is 0 Å². The quantitative estimate of drug-likeness (QED) is 0.749. The summed E-state index contributed by atoms with van der Waals surface area (Å²) in [4.78, 5) is 0. The van der Waals surface area contributed by atoms with E-state index in [0.29, 0.717) is 37.3 Å². The Kier molecular flexibility index (Phi) is 6.81. The van der Waals surface area contributed by atoms with Crippen molar-refractivity contribution in [2.75, 3.05) is 26.9 Å². The van der Waals surface area contributed by atoms with E-state index in [1.165, 1.54) is 7.11 Å². The molecule has 1 rings (SSSR count). The number of halogens is 1. The van der Waals surface area contributed by atoms with Gasteiger partial charge in [-0.05, 0) is 31.9 Å². The van der Waals surface area contributed by atoms with Crippen LogP contribution < -0.4 is 10.5 Å². The second-order valence-corrected chi connectivity index (χ2v) is 4.64. The van der Waals surface area contributed by atoms with Gasteiger partial charge in [0.25, 0.3) is 0 Å². The van der Waals surface area contributed by atoms with E-state index in [-0.39, 0.29) is 6.61 Å². The first-order chi connectivity index (χ1) is 9.18. The Labute approximate surface area is 114 Å². The highest BCUT2D eigenvalue weighted by Crippen LogP contribution is 2.37. The van der Waals surface area contributed by atoms with Crippen molar-refractivity contribution in [1.29, 1.82) is 0 Å². The molecule has 0 aliphatic rings. The lowest BCUT2D eigenvalue weighted by Gasteiger charge is -2.27. The molecule has 0 amide bonds. The Morgan fingerprint density at radius 1 is 1.32 bits per heavy atom. The lowest BCUT2D eigenvalue weighted by molar-refractivity contribution is 0.0282. The first-order valence-electron chi connectivity index (χ1n) is 6.78. The van der Waals surface area contributed by atoms with Crippen molar-refractivity contribution in [1.82, 2.24) is 0 Å². The third-order valence-electron chi connectivity index (χ3n) is 2.98. The Balaban J connectivity index is 2.99. The number of hydrogen-bond donors (Lipinski definition) is 1. The average molecular weight is 269 g/mol. The summed E-state index contributed by atoms with van der Waals surface area (Å²) < 4.78 is 25.8. The zero-order valence-electron chi connectivity index (χ0n) is 11.8. The molecule has 2 N–H and O–H groups in total. The summed E-state index contributed by atoms with van der Waals surface area (Å²) in [5.41, 5.74) is 4.50. The first kappa shape index (κ1) is 15.9. The Hall–Kier alpha value is -1.13. The van der Waals surface area contributed by atoms with Crippen LogP contribution in [0.2, 0.25) is 0 Å². The van der Waals surface area contributed by atoms with Crippen molar-refractivity contribution in [3.05, 3.63) is 29.8 Å². The number of nitrogens with two attached hydrogens (primary N) is 1. The molecule has 4 heteroatoms. The van der Waals surface area contributed by atoms with Crippen molar-refractivity contribution < 1.29 is 13.9 Å². The van der Waals surface area contributed by atoms with Gasteiger partial charge in [0.1, 0.15) is 5.75 Å². The summed E-state index contributed by atoms with van der Waals surface area (Å²) in [6.07, 6.45) is 1.84. The van der Waals surface area contributed by atoms with Crippen LogP contribution in [0.1, 0.15) is 31.7 Å². The van der Waals surface area contributed by atoms with Crippen molar-refractivity contribution in [2.24, 2.45) is 5.73 Å². The number of ether oxygens (including phenoxy) is 2.